The fraction of sp³-hybridized carbons (Fsp3) is 0.200. The van der Waals surface area contributed by atoms with Crippen molar-refractivity contribution in [1.82, 2.24) is 0 Å². The molecule has 3 N–H and O–H groups in total. The second kappa shape index (κ2) is 7.54. The molecule has 0 aliphatic carbocycles. The second-order valence-electron chi connectivity index (χ2n) is 6.61. The molecule has 0 saturated heterocycles. The first-order chi connectivity index (χ1) is 11.8. The number of carbonyl (C=O) groups excluding carboxylic acids is 1. The second-order valence-corrected chi connectivity index (χ2v) is 6.61. The average Bonchev–Trinajstić information content (AvgIpc) is 2.57. The maximum atomic E-state index is 12.1. The van der Waals surface area contributed by atoms with Gasteiger partial charge in [0.05, 0.1) is 5.69 Å². The van der Waals surface area contributed by atoms with Crippen molar-refractivity contribution >= 4 is 17.3 Å². The predicted octanol–water partition coefficient (Wildman–Crippen LogP) is 4.15. The van der Waals surface area contributed by atoms with Gasteiger partial charge in [-0.15, -0.1) is 0 Å². The maximum absolute atomic E-state index is 12.1. The van der Waals surface area contributed by atoms with Crippen LogP contribution in [0.5, 0.6) is 5.75 Å². The highest BCUT2D eigenvalue weighted by Gasteiger charge is 2.13. The van der Waals surface area contributed by atoms with E-state index in [1.54, 1.807) is 18.2 Å². The molecule has 2 rings (SSSR count). The van der Waals surface area contributed by atoms with Crippen molar-refractivity contribution in [3.8, 4) is 11.8 Å². The number of para-hydroxylation sites is 2. The van der Waals surface area contributed by atoms with Gasteiger partial charge in [0.2, 0.25) is 0 Å². The van der Waals surface area contributed by atoms with E-state index in [0.717, 1.165) is 5.69 Å². The first-order valence-electron chi connectivity index (χ1n) is 7.88. The highest BCUT2D eigenvalue weighted by Crippen LogP contribution is 2.24. The summed E-state index contributed by atoms with van der Waals surface area (Å²) < 4.78 is 0. The number of amides is 1. The van der Waals surface area contributed by atoms with Gasteiger partial charge in [-0.1, -0.05) is 45.0 Å². The maximum Gasteiger partial charge on any atom is 0.267 e. The highest BCUT2D eigenvalue weighted by molar-refractivity contribution is 6.07. The van der Waals surface area contributed by atoms with Crippen molar-refractivity contribution in [2.45, 2.75) is 26.2 Å². The van der Waals surface area contributed by atoms with Crippen molar-refractivity contribution < 1.29 is 9.90 Å². The summed E-state index contributed by atoms with van der Waals surface area (Å²) in [6.45, 7) is 6.39. The van der Waals surface area contributed by atoms with E-state index in [1.165, 1.54) is 17.8 Å². The molecule has 5 nitrogen and oxygen atoms in total. The Balaban J connectivity index is 2.09. The van der Waals surface area contributed by atoms with E-state index < -0.39 is 5.91 Å². The number of nitrogens with zero attached hydrogens (tertiary/aromatic N) is 1. The Morgan fingerprint density at radius 2 is 1.76 bits per heavy atom. The zero-order valence-corrected chi connectivity index (χ0v) is 14.5. The molecule has 0 fully saturated rings. The Labute approximate surface area is 147 Å². The smallest absolute Gasteiger partial charge is 0.267 e. The Morgan fingerprint density at radius 3 is 2.32 bits per heavy atom. The van der Waals surface area contributed by atoms with Gasteiger partial charge in [-0.3, -0.25) is 4.79 Å². The molecule has 0 radical (unpaired) electrons. The molecule has 5 heteroatoms. The molecule has 2 aromatic rings. The third-order valence-corrected chi connectivity index (χ3v) is 3.65. The van der Waals surface area contributed by atoms with E-state index in [1.807, 2.05) is 30.3 Å². The van der Waals surface area contributed by atoms with Crippen LogP contribution >= 0.6 is 0 Å². The number of hydrogen-bond donors (Lipinski definition) is 3. The largest absolute Gasteiger partial charge is 0.506 e. The lowest BCUT2D eigenvalue weighted by atomic mass is 9.87. The van der Waals surface area contributed by atoms with Crippen molar-refractivity contribution in [3.63, 3.8) is 0 Å². The number of phenols is 1. The molecule has 2 aromatic carbocycles. The number of benzene rings is 2. The van der Waals surface area contributed by atoms with Crippen molar-refractivity contribution in [2.75, 3.05) is 10.6 Å². The Hall–Kier alpha value is -3.26. The molecule has 0 atom stereocenters. The highest BCUT2D eigenvalue weighted by atomic mass is 16.3. The number of phenolic OH excluding ortho intramolecular Hbond substituents is 1. The van der Waals surface area contributed by atoms with Crippen LogP contribution in [0.25, 0.3) is 0 Å². The lowest BCUT2D eigenvalue weighted by molar-refractivity contribution is -0.112. The third-order valence-electron chi connectivity index (χ3n) is 3.65. The van der Waals surface area contributed by atoms with Crippen LogP contribution in [-0.2, 0) is 10.2 Å². The molecule has 0 heterocycles. The minimum atomic E-state index is -0.595. The first kappa shape index (κ1) is 18.1. The summed E-state index contributed by atoms with van der Waals surface area (Å²) in [7, 11) is 0. The fourth-order valence-electron chi connectivity index (χ4n) is 2.14. The Morgan fingerprint density at radius 1 is 1.12 bits per heavy atom. The number of hydrogen-bond acceptors (Lipinski definition) is 4. The molecule has 25 heavy (non-hydrogen) atoms. The van der Waals surface area contributed by atoms with Gasteiger partial charge in [0, 0.05) is 11.9 Å². The Kier molecular flexibility index (Phi) is 5.45. The number of aromatic hydroxyl groups is 1. The van der Waals surface area contributed by atoms with Crippen LogP contribution in [0.1, 0.15) is 26.3 Å². The molecule has 128 valence electrons. The molecule has 0 spiro atoms. The van der Waals surface area contributed by atoms with Crippen LogP contribution in [0.3, 0.4) is 0 Å². The average molecular weight is 335 g/mol. The van der Waals surface area contributed by atoms with E-state index in [2.05, 4.69) is 31.4 Å². The lowest BCUT2D eigenvalue weighted by Gasteiger charge is -2.19. The van der Waals surface area contributed by atoms with Crippen LogP contribution in [0, 0.1) is 11.3 Å². The number of nitrogens with one attached hydrogen (secondary N) is 2. The normalized spacial score (nSPS) is 11.5. The van der Waals surface area contributed by atoms with E-state index in [-0.39, 0.29) is 22.4 Å². The lowest BCUT2D eigenvalue weighted by Crippen LogP contribution is -2.14. The van der Waals surface area contributed by atoms with Crippen molar-refractivity contribution in [1.29, 1.82) is 5.26 Å². The summed E-state index contributed by atoms with van der Waals surface area (Å²) in [5.41, 5.74) is 2.19. The molecule has 0 aliphatic heterocycles. The fourth-order valence-corrected chi connectivity index (χ4v) is 2.14. The zero-order valence-electron chi connectivity index (χ0n) is 14.5. The standard InChI is InChI=1S/C20H21N3O2/c1-20(2,3)15-8-10-16(11-9-15)22-13-14(12-21)19(25)23-17-6-4-5-7-18(17)24/h4-11,13,22,24H,1-3H3,(H,23,25)/b14-13-. The number of carbonyl (C=O) groups is 1. The monoisotopic (exact) mass is 335 g/mol. The van der Waals surface area contributed by atoms with Gasteiger partial charge in [-0.2, -0.15) is 5.26 Å². The molecule has 0 aromatic heterocycles. The molecule has 0 unspecified atom stereocenters. The van der Waals surface area contributed by atoms with Gasteiger partial charge in [0.15, 0.2) is 0 Å². The zero-order chi connectivity index (χ0) is 18.4. The molecule has 1 amide bonds. The van der Waals surface area contributed by atoms with E-state index in [9.17, 15) is 15.2 Å². The van der Waals surface area contributed by atoms with E-state index in [4.69, 9.17) is 0 Å². The number of nitriles is 1. The number of anilines is 2. The summed E-state index contributed by atoms with van der Waals surface area (Å²) in [4.78, 5) is 12.1. The molecule has 0 bridgehead atoms. The van der Waals surface area contributed by atoms with Crippen LogP contribution in [-0.4, -0.2) is 11.0 Å². The van der Waals surface area contributed by atoms with E-state index in [0.29, 0.717) is 0 Å². The van der Waals surface area contributed by atoms with Gasteiger partial charge in [0.25, 0.3) is 5.91 Å². The van der Waals surface area contributed by atoms with Gasteiger partial charge in [-0.25, -0.2) is 0 Å². The molecular weight excluding hydrogens is 314 g/mol. The van der Waals surface area contributed by atoms with Crippen LogP contribution in [0.2, 0.25) is 0 Å². The topological polar surface area (TPSA) is 85.2 Å². The van der Waals surface area contributed by atoms with Crippen molar-refractivity contribution in [3.05, 3.63) is 65.9 Å². The van der Waals surface area contributed by atoms with E-state index >= 15 is 0 Å². The van der Waals surface area contributed by atoms with Gasteiger partial charge in [0.1, 0.15) is 17.4 Å². The summed E-state index contributed by atoms with van der Waals surface area (Å²) in [6.07, 6.45) is 1.35. The van der Waals surface area contributed by atoms with Crippen molar-refractivity contribution in [2.24, 2.45) is 0 Å². The van der Waals surface area contributed by atoms with Gasteiger partial charge in [-0.05, 0) is 35.2 Å². The summed E-state index contributed by atoms with van der Waals surface area (Å²) in [5.74, 6) is -0.651. The molecule has 0 saturated carbocycles. The molecule has 0 aliphatic rings. The SMILES string of the molecule is CC(C)(C)c1ccc(N/C=C(/C#N)C(=O)Nc2ccccc2O)cc1. The minimum Gasteiger partial charge on any atom is -0.506 e. The van der Waals surface area contributed by atoms with Crippen LogP contribution in [0.4, 0.5) is 11.4 Å². The predicted molar refractivity (Wildman–Crippen MR) is 99.2 cm³/mol. The minimum absolute atomic E-state index is 0.0566. The number of rotatable bonds is 4. The third kappa shape index (κ3) is 4.85. The molecular formula is C20H21N3O2. The first-order valence-corrected chi connectivity index (χ1v) is 7.88. The van der Waals surface area contributed by atoms with Gasteiger partial charge < -0.3 is 15.7 Å². The van der Waals surface area contributed by atoms with Crippen LogP contribution in [0.15, 0.2) is 60.3 Å². The summed E-state index contributed by atoms with van der Waals surface area (Å²) >= 11 is 0. The quantitative estimate of drug-likeness (QED) is 0.445. The van der Waals surface area contributed by atoms with Gasteiger partial charge >= 0.3 is 0 Å². The summed E-state index contributed by atoms with van der Waals surface area (Å²) in [5, 5.41) is 24.3. The summed E-state index contributed by atoms with van der Waals surface area (Å²) in [6, 6.07) is 16.0. The van der Waals surface area contributed by atoms with Crippen LogP contribution < -0.4 is 10.6 Å². The Bertz CT molecular complexity index is 825.